The molecule has 19 heavy (non-hydrogen) atoms. The fourth-order valence-electron chi connectivity index (χ4n) is 1.85. The molecular weight excluding hydrogens is 304 g/mol. The Balaban J connectivity index is 1.83. The van der Waals surface area contributed by atoms with E-state index < -0.39 is 0 Å². The molecule has 0 saturated carbocycles. The van der Waals surface area contributed by atoms with Crippen molar-refractivity contribution in [2.45, 2.75) is 25.9 Å². The van der Waals surface area contributed by atoms with E-state index in [-0.39, 0.29) is 0 Å². The first-order valence-electron chi connectivity index (χ1n) is 6.14. The lowest BCUT2D eigenvalue weighted by molar-refractivity contribution is 0.447. The summed E-state index contributed by atoms with van der Waals surface area (Å²) in [7, 11) is 0. The standard InChI is InChI=1S/C15H15BrN2O/c1-11(8-12-2-4-13(16)5-3-12)18-10-15-7-6-14(9-17)19-15/h2-7,11,18H,8,10H2,1H3. The molecule has 1 aromatic carbocycles. The summed E-state index contributed by atoms with van der Waals surface area (Å²) in [6.07, 6.45) is 0.957. The van der Waals surface area contributed by atoms with E-state index in [2.05, 4.69) is 40.3 Å². The molecule has 1 atom stereocenters. The monoisotopic (exact) mass is 318 g/mol. The van der Waals surface area contributed by atoms with Gasteiger partial charge in [0.25, 0.3) is 0 Å². The largest absolute Gasteiger partial charge is 0.449 e. The van der Waals surface area contributed by atoms with Crippen molar-refractivity contribution in [3.63, 3.8) is 0 Å². The molecular formula is C15H15BrN2O. The minimum absolute atomic E-state index is 0.344. The molecule has 0 aliphatic rings. The Bertz CT molecular complexity index is 569. The second-order valence-corrected chi connectivity index (χ2v) is 5.41. The quantitative estimate of drug-likeness (QED) is 0.915. The number of hydrogen-bond donors (Lipinski definition) is 1. The third-order valence-corrected chi connectivity index (χ3v) is 3.38. The van der Waals surface area contributed by atoms with Crippen LogP contribution >= 0.6 is 15.9 Å². The Morgan fingerprint density at radius 2 is 2.00 bits per heavy atom. The highest BCUT2D eigenvalue weighted by Gasteiger charge is 2.06. The van der Waals surface area contributed by atoms with Crippen LogP contribution in [-0.4, -0.2) is 6.04 Å². The van der Waals surface area contributed by atoms with Gasteiger partial charge >= 0.3 is 0 Å². The van der Waals surface area contributed by atoms with E-state index in [9.17, 15) is 0 Å². The summed E-state index contributed by atoms with van der Waals surface area (Å²) in [4.78, 5) is 0. The summed E-state index contributed by atoms with van der Waals surface area (Å²) in [5, 5.41) is 12.1. The fraction of sp³-hybridized carbons (Fsp3) is 0.267. The van der Waals surface area contributed by atoms with E-state index in [0.29, 0.717) is 18.3 Å². The van der Waals surface area contributed by atoms with Crippen LogP contribution in [0.15, 0.2) is 45.3 Å². The van der Waals surface area contributed by atoms with Crippen LogP contribution in [0.4, 0.5) is 0 Å². The molecule has 0 fully saturated rings. The molecule has 1 aromatic heterocycles. The number of nitrogens with zero attached hydrogens (tertiary/aromatic N) is 1. The minimum atomic E-state index is 0.344. The molecule has 1 heterocycles. The lowest BCUT2D eigenvalue weighted by atomic mass is 10.1. The molecule has 1 unspecified atom stereocenters. The average molecular weight is 319 g/mol. The highest BCUT2D eigenvalue weighted by molar-refractivity contribution is 9.10. The minimum Gasteiger partial charge on any atom is -0.449 e. The van der Waals surface area contributed by atoms with Gasteiger partial charge < -0.3 is 9.73 Å². The molecule has 0 bridgehead atoms. The van der Waals surface area contributed by atoms with Crippen LogP contribution in [0.3, 0.4) is 0 Å². The summed E-state index contributed by atoms with van der Waals surface area (Å²) >= 11 is 3.43. The SMILES string of the molecule is CC(Cc1ccc(Br)cc1)NCc1ccc(C#N)o1. The third kappa shape index (κ3) is 4.23. The van der Waals surface area contributed by atoms with E-state index >= 15 is 0 Å². The van der Waals surface area contributed by atoms with Crippen molar-refractivity contribution in [1.29, 1.82) is 5.26 Å². The van der Waals surface area contributed by atoms with Crippen molar-refractivity contribution in [2.75, 3.05) is 0 Å². The highest BCUT2D eigenvalue weighted by Crippen LogP contribution is 2.12. The maximum absolute atomic E-state index is 8.68. The lowest BCUT2D eigenvalue weighted by Gasteiger charge is -2.12. The van der Waals surface area contributed by atoms with Gasteiger partial charge in [-0.25, -0.2) is 0 Å². The van der Waals surface area contributed by atoms with Crippen molar-refractivity contribution in [3.8, 4) is 6.07 Å². The predicted octanol–water partition coefficient (Wildman–Crippen LogP) is 3.63. The van der Waals surface area contributed by atoms with Crippen LogP contribution in [0.25, 0.3) is 0 Å². The zero-order valence-corrected chi connectivity index (χ0v) is 12.3. The number of nitriles is 1. The molecule has 0 radical (unpaired) electrons. The summed E-state index contributed by atoms with van der Waals surface area (Å²) in [6, 6.07) is 14.2. The first-order valence-corrected chi connectivity index (χ1v) is 6.93. The first kappa shape index (κ1) is 13.9. The Morgan fingerprint density at radius 3 is 2.63 bits per heavy atom. The Labute approximate surface area is 121 Å². The van der Waals surface area contributed by atoms with Crippen molar-refractivity contribution in [2.24, 2.45) is 0 Å². The number of furan rings is 1. The second-order valence-electron chi connectivity index (χ2n) is 4.49. The number of nitrogens with one attached hydrogen (secondary N) is 1. The Hall–Kier alpha value is -1.57. The normalized spacial score (nSPS) is 12.1. The molecule has 98 valence electrons. The van der Waals surface area contributed by atoms with E-state index in [4.69, 9.17) is 9.68 Å². The summed E-state index contributed by atoms with van der Waals surface area (Å²) in [6.45, 7) is 2.77. The van der Waals surface area contributed by atoms with Gasteiger partial charge in [0.05, 0.1) is 6.54 Å². The Morgan fingerprint density at radius 1 is 1.26 bits per heavy atom. The van der Waals surface area contributed by atoms with Gasteiger partial charge in [-0.15, -0.1) is 0 Å². The number of hydrogen-bond acceptors (Lipinski definition) is 3. The molecule has 1 N–H and O–H groups in total. The van der Waals surface area contributed by atoms with E-state index in [1.165, 1.54) is 5.56 Å². The van der Waals surface area contributed by atoms with Crippen molar-refractivity contribution in [1.82, 2.24) is 5.32 Å². The van der Waals surface area contributed by atoms with Crippen molar-refractivity contribution < 1.29 is 4.42 Å². The number of benzene rings is 1. The van der Waals surface area contributed by atoms with Gasteiger partial charge in [-0.2, -0.15) is 5.26 Å². The molecule has 0 saturated heterocycles. The van der Waals surface area contributed by atoms with E-state index in [0.717, 1.165) is 16.7 Å². The van der Waals surface area contributed by atoms with Gasteiger partial charge in [-0.05, 0) is 43.2 Å². The van der Waals surface area contributed by atoms with E-state index in [1.807, 2.05) is 24.3 Å². The summed E-state index contributed by atoms with van der Waals surface area (Å²) in [5.41, 5.74) is 1.29. The summed E-state index contributed by atoms with van der Waals surface area (Å²) in [5.74, 6) is 1.15. The van der Waals surface area contributed by atoms with Gasteiger partial charge in [0.1, 0.15) is 11.8 Å². The third-order valence-electron chi connectivity index (χ3n) is 2.85. The summed E-state index contributed by atoms with van der Waals surface area (Å²) < 4.78 is 6.41. The zero-order valence-electron chi connectivity index (χ0n) is 10.7. The van der Waals surface area contributed by atoms with Gasteiger partial charge in [0.2, 0.25) is 5.76 Å². The van der Waals surface area contributed by atoms with Crippen LogP contribution in [0, 0.1) is 11.3 Å². The topological polar surface area (TPSA) is 49.0 Å². The molecule has 4 heteroatoms. The number of rotatable bonds is 5. The highest BCUT2D eigenvalue weighted by atomic mass is 79.9. The van der Waals surface area contributed by atoms with Crippen molar-refractivity contribution >= 4 is 15.9 Å². The zero-order chi connectivity index (χ0) is 13.7. The molecule has 3 nitrogen and oxygen atoms in total. The maximum atomic E-state index is 8.68. The molecule has 0 spiro atoms. The van der Waals surface area contributed by atoms with Crippen LogP contribution in [-0.2, 0) is 13.0 Å². The smallest absolute Gasteiger partial charge is 0.203 e. The fourth-order valence-corrected chi connectivity index (χ4v) is 2.12. The average Bonchev–Trinajstić information content (AvgIpc) is 2.87. The Kier molecular flexibility index (Phi) is 4.78. The molecule has 0 aliphatic heterocycles. The molecule has 0 aliphatic carbocycles. The van der Waals surface area contributed by atoms with Gasteiger partial charge in [-0.1, -0.05) is 28.1 Å². The van der Waals surface area contributed by atoms with Gasteiger partial charge in [0, 0.05) is 10.5 Å². The lowest BCUT2D eigenvalue weighted by Crippen LogP contribution is -2.27. The van der Waals surface area contributed by atoms with Crippen LogP contribution < -0.4 is 5.32 Å². The molecule has 0 amide bonds. The molecule has 2 aromatic rings. The van der Waals surface area contributed by atoms with Crippen LogP contribution in [0.1, 0.15) is 24.0 Å². The van der Waals surface area contributed by atoms with Gasteiger partial charge in [-0.3, -0.25) is 0 Å². The maximum Gasteiger partial charge on any atom is 0.203 e. The van der Waals surface area contributed by atoms with Crippen LogP contribution in [0.2, 0.25) is 0 Å². The first-order chi connectivity index (χ1) is 9.17. The van der Waals surface area contributed by atoms with Crippen molar-refractivity contribution in [3.05, 3.63) is 58.0 Å². The predicted molar refractivity (Wildman–Crippen MR) is 77.6 cm³/mol. The van der Waals surface area contributed by atoms with Crippen LogP contribution in [0.5, 0.6) is 0 Å². The second kappa shape index (κ2) is 6.55. The molecule has 2 rings (SSSR count). The van der Waals surface area contributed by atoms with E-state index in [1.54, 1.807) is 6.07 Å². The number of halogens is 1. The van der Waals surface area contributed by atoms with Gasteiger partial charge in [0.15, 0.2) is 0 Å².